The van der Waals surface area contributed by atoms with E-state index in [1.54, 1.807) is 0 Å². The fraction of sp³-hybridized carbons (Fsp3) is 0.500. The van der Waals surface area contributed by atoms with Crippen LogP contribution in [0, 0.1) is 5.92 Å². The topological polar surface area (TPSA) is 9.23 Å². The fourth-order valence-electron chi connectivity index (χ4n) is 1.09. The highest BCUT2D eigenvalue weighted by atomic mass is 127. The fourth-order valence-corrected chi connectivity index (χ4v) is 1.51. The van der Waals surface area contributed by atoms with Crippen LogP contribution in [-0.4, -0.2) is 6.61 Å². The number of hydrogen-bond acceptors (Lipinski definition) is 1. The van der Waals surface area contributed by atoms with E-state index in [9.17, 15) is 0 Å². The minimum atomic E-state index is 0.562. The molecule has 14 heavy (non-hydrogen) atoms. The van der Waals surface area contributed by atoms with Crippen LogP contribution in [0.25, 0.3) is 0 Å². The molecule has 1 atom stereocenters. The lowest BCUT2D eigenvalue weighted by molar-refractivity contribution is 0.271. The van der Waals surface area contributed by atoms with E-state index in [-0.39, 0.29) is 0 Å². The Bertz CT molecular complexity index is 264. The zero-order valence-electron chi connectivity index (χ0n) is 8.96. The predicted octanol–water partition coefficient (Wildman–Crippen LogP) is 4.22. The molecule has 0 aliphatic rings. The average molecular weight is 304 g/mol. The first-order chi connectivity index (χ1) is 6.59. The van der Waals surface area contributed by atoms with Crippen LogP contribution in [0.15, 0.2) is 24.3 Å². The summed E-state index contributed by atoms with van der Waals surface area (Å²) in [5.74, 6) is 1.55. The molecule has 2 heteroatoms. The largest absolute Gasteiger partial charge is 0.493 e. The highest BCUT2D eigenvalue weighted by Gasteiger charge is 2.01. The van der Waals surface area contributed by atoms with Crippen molar-refractivity contribution in [2.45, 2.75) is 24.7 Å². The van der Waals surface area contributed by atoms with E-state index in [1.165, 1.54) is 5.56 Å². The second-order valence-corrected chi connectivity index (χ2v) is 5.76. The second kappa shape index (κ2) is 5.59. The van der Waals surface area contributed by atoms with Crippen molar-refractivity contribution in [1.82, 2.24) is 0 Å². The van der Waals surface area contributed by atoms with Crippen molar-refractivity contribution < 1.29 is 4.74 Å². The van der Waals surface area contributed by atoms with Gasteiger partial charge in [0.25, 0.3) is 0 Å². The zero-order chi connectivity index (χ0) is 10.6. The summed E-state index contributed by atoms with van der Waals surface area (Å²) in [6.07, 6.45) is 0. The van der Waals surface area contributed by atoms with E-state index < -0.39 is 0 Å². The lowest BCUT2D eigenvalue weighted by Gasteiger charge is -2.09. The second-order valence-electron chi connectivity index (χ2n) is 3.89. The maximum Gasteiger partial charge on any atom is 0.119 e. The molecule has 0 aliphatic carbocycles. The number of halogens is 1. The van der Waals surface area contributed by atoms with Crippen molar-refractivity contribution in [3.8, 4) is 5.75 Å². The molecule has 78 valence electrons. The molecule has 0 saturated carbocycles. The van der Waals surface area contributed by atoms with Gasteiger partial charge in [0.2, 0.25) is 0 Å². The standard InChI is InChI=1S/C12H17IO/c1-9(2)8-14-12-6-4-11(5-7-12)10(3)13/h4-7,9-10H,8H2,1-3H3. The molecule has 1 aromatic carbocycles. The summed E-state index contributed by atoms with van der Waals surface area (Å²) >= 11 is 2.41. The molecule has 0 amide bonds. The van der Waals surface area contributed by atoms with Crippen LogP contribution in [0.2, 0.25) is 0 Å². The summed E-state index contributed by atoms with van der Waals surface area (Å²) < 4.78 is 6.16. The predicted molar refractivity (Wildman–Crippen MR) is 69.2 cm³/mol. The molecule has 1 unspecified atom stereocenters. The molecule has 0 heterocycles. The Morgan fingerprint density at radius 2 is 1.71 bits per heavy atom. The van der Waals surface area contributed by atoms with Gasteiger partial charge in [-0.25, -0.2) is 0 Å². The van der Waals surface area contributed by atoms with E-state index in [4.69, 9.17) is 4.74 Å². The molecule has 1 rings (SSSR count). The first kappa shape index (κ1) is 11.8. The van der Waals surface area contributed by atoms with Gasteiger partial charge in [-0.05, 0) is 30.5 Å². The number of rotatable bonds is 4. The molecule has 0 fully saturated rings. The maximum atomic E-state index is 5.60. The van der Waals surface area contributed by atoms with Crippen molar-refractivity contribution in [3.05, 3.63) is 29.8 Å². The van der Waals surface area contributed by atoms with Gasteiger partial charge in [-0.15, -0.1) is 0 Å². The molecule has 0 spiro atoms. The Balaban J connectivity index is 2.55. The summed E-state index contributed by atoms with van der Waals surface area (Å²) in [5.41, 5.74) is 1.35. The van der Waals surface area contributed by atoms with Crippen LogP contribution in [-0.2, 0) is 0 Å². The summed E-state index contributed by atoms with van der Waals surface area (Å²) in [6, 6.07) is 8.36. The van der Waals surface area contributed by atoms with Crippen LogP contribution >= 0.6 is 22.6 Å². The quantitative estimate of drug-likeness (QED) is 0.598. The van der Waals surface area contributed by atoms with Gasteiger partial charge in [-0.3, -0.25) is 0 Å². The molecule has 0 N–H and O–H groups in total. The maximum absolute atomic E-state index is 5.60. The number of benzene rings is 1. The third kappa shape index (κ3) is 3.86. The van der Waals surface area contributed by atoms with E-state index in [1.807, 2.05) is 12.1 Å². The van der Waals surface area contributed by atoms with E-state index >= 15 is 0 Å². The van der Waals surface area contributed by atoms with Gasteiger partial charge in [0.05, 0.1) is 6.61 Å². The smallest absolute Gasteiger partial charge is 0.119 e. The third-order valence-electron chi connectivity index (χ3n) is 1.92. The molecule has 0 aromatic heterocycles. The normalized spacial score (nSPS) is 12.9. The monoisotopic (exact) mass is 304 g/mol. The average Bonchev–Trinajstić information content (AvgIpc) is 2.15. The molecular formula is C12H17IO. The number of ether oxygens (including phenoxy) is 1. The lowest BCUT2D eigenvalue weighted by atomic mass is 10.2. The molecular weight excluding hydrogens is 287 g/mol. The highest BCUT2D eigenvalue weighted by molar-refractivity contribution is 14.1. The van der Waals surface area contributed by atoms with Crippen molar-refractivity contribution in [3.63, 3.8) is 0 Å². The Hall–Kier alpha value is -0.250. The first-order valence-electron chi connectivity index (χ1n) is 4.96. The van der Waals surface area contributed by atoms with Gasteiger partial charge >= 0.3 is 0 Å². The van der Waals surface area contributed by atoms with Crippen LogP contribution in [0.5, 0.6) is 5.75 Å². The Kier molecular flexibility index (Phi) is 4.72. The van der Waals surface area contributed by atoms with Crippen LogP contribution < -0.4 is 4.74 Å². The summed E-state index contributed by atoms with van der Waals surface area (Å²) in [5, 5.41) is 0. The summed E-state index contributed by atoms with van der Waals surface area (Å²) in [7, 11) is 0. The van der Waals surface area contributed by atoms with Crippen molar-refractivity contribution in [2.75, 3.05) is 6.61 Å². The van der Waals surface area contributed by atoms with Gasteiger partial charge in [0.15, 0.2) is 0 Å². The van der Waals surface area contributed by atoms with Crippen molar-refractivity contribution >= 4 is 22.6 Å². The molecule has 0 radical (unpaired) electrons. The van der Waals surface area contributed by atoms with E-state index in [2.05, 4.69) is 55.5 Å². The van der Waals surface area contributed by atoms with Gasteiger partial charge in [-0.2, -0.15) is 0 Å². The number of hydrogen-bond donors (Lipinski definition) is 0. The Morgan fingerprint density at radius 3 is 2.14 bits per heavy atom. The minimum absolute atomic E-state index is 0.562. The van der Waals surface area contributed by atoms with E-state index in [0.29, 0.717) is 9.84 Å². The third-order valence-corrected chi connectivity index (χ3v) is 2.64. The van der Waals surface area contributed by atoms with Crippen LogP contribution in [0.3, 0.4) is 0 Å². The van der Waals surface area contributed by atoms with Gasteiger partial charge in [0, 0.05) is 3.92 Å². The molecule has 0 bridgehead atoms. The van der Waals surface area contributed by atoms with Crippen LogP contribution in [0.4, 0.5) is 0 Å². The Labute approximate surface area is 100.0 Å². The molecule has 0 saturated heterocycles. The Morgan fingerprint density at radius 1 is 1.14 bits per heavy atom. The van der Waals surface area contributed by atoms with E-state index in [0.717, 1.165) is 12.4 Å². The minimum Gasteiger partial charge on any atom is -0.493 e. The first-order valence-corrected chi connectivity index (χ1v) is 6.21. The molecule has 1 nitrogen and oxygen atoms in total. The zero-order valence-corrected chi connectivity index (χ0v) is 11.1. The molecule has 1 aromatic rings. The molecule has 0 aliphatic heterocycles. The highest BCUT2D eigenvalue weighted by Crippen LogP contribution is 2.24. The summed E-state index contributed by atoms with van der Waals surface area (Å²) in [4.78, 5) is 0. The van der Waals surface area contributed by atoms with Crippen molar-refractivity contribution in [2.24, 2.45) is 5.92 Å². The van der Waals surface area contributed by atoms with Gasteiger partial charge in [0.1, 0.15) is 5.75 Å². The number of alkyl halides is 1. The van der Waals surface area contributed by atoms with Gasteiger partial charge < -0.3 is 4.74 Å². The lowest BCUT2D eigenvalue weighted by Crippen LogP contribution is -2.04. The van der Waals surface area contributed by atoms with Gasteiger partial charge in [-0.1, -0.05) is 48.6 Å². The SMILES string of the molecule is CC(C)COc1ccc(C(C)I)cc1. The summed E-state index contributed by atoms with van der Waals surface area (Å²) in [6.45, 7) is 7.28. The van der Waals surface area contributed by atoms with Crippen molar-refractivity contribution in [1.29, 1.82) is 0 Å². The van der Waals surface area contributed by atoms with Crippen LogP contribution in [0.1, 0.15) is 30.3 Å².